The first-order chi connectivity index (χ1) is 13.9. The second kappa shape index (κ2) is 9.89. The molecule has 154 valence electrons. The fourth-order valence-electron chi connectivity index (χ4n) is 2.93. The van der Waals surface area contributed by atoms with E-state index in [-0.39, 0.29) is 22.0 Å². The molecule has 0 radical (unpaired) electrons. The van der Waals surface area contributed by atoms with Crippen molar-refractivity contribution >= 4 is 40.5 Å². The van der Waals surface area contributed by atoms with Crippen LogP contribution in [0.3, 0.4) is 0 Å². The zero-order chi connectivity index (χ0) is 20.8. The van der Waals surface area contributed by atoms with Crippen LogP contribution in [0.5, 0.6) is 5.75 Å². The van der Waals surface area contributed by atoms with Gasteiger partial charge in [-0.3, -0.25) is 19.8 Å². The highest BCUT2D eigenvalue weighted by molar-refractivity contribution is 6.34. The van der Waals surface area contributed by atoms with E-state index in [0.29, 0.717) is 17.4 Å². The van der Waals surface area contributed by atoms with Crippen LogP contribution >= 0.6 is 23.2 Å². The quantitative estimate of drug-likeness (QED) is 0.507. The summed E-state index contributed by atoms with van der Waals surface area (Å²) in [5.74, 6) is -0.0690. The lowest BCUT2D eigenvalue weighted by molar-refractivity contribution is -0.384. The molecule has 0 atom stereocenters. The van der Waals surface area contributed by atoms with E-state index in [1.807, 2.05) is 0 Å². The van der Waals surface area contributed by atoms with Gasteiger partial charge >= 0.3 is 0 Å². The van der Waals surface area contributed by atoms with Crippen LogP contribution in [0.25, 0.3) is 0 Å². The van der Waals surface area contributed by atoms with Crippen molar-refractivity contribution in [3.63, 3.8) is 0 Å². The van der Waals surface area contributed by atoms with Gasteiger partial charge in [0, 0.05) is 49.9 Å². The lowest BCUT2D eigenvalue weighted by Crippen LogP contribution is -2.44. The molecule has 0 aromatic heterocycles. The fourth-order valence-corrected chi connectivity index (χ4v) is 3.33. The molecule has 8 nitrogen and oxygen atoms in total. The first-order valence-corrected chi connectivity index (χ1v) is 9.80. The Labute approximate surface area is 177 Å². The van der Waals surface area contributed by atoms with Gasteiger partial charge in [-0.15, -0.1) is 0 Å². The molecular formula is C19H20Cl2N4O4. The lowest BCUT2D eigenvalue weighted by atomic mass is 10.1. The summed E-state index contributed by atoms with van der Waals surface area (Å²) in [5, 5.41) is 17.2. The van der Waals surface area contributed by atoms with Crippen LogP contribution in [-0.2, 0) is 0 Å². The predicted octanol–water partition coefficient (Wildman–Crippen LogP) is 3.44. The zero-order valence-electron chi connectivity index (χ0n) is 15.5. The van der Waals surface area contributed by atoms with Gasteiger partial charge in [0.1, 0.15) is 12.4 Å². The van der Waals surface area contributed by atoms with Crippen molar-refractivity contribution in [3.05, 3.63) is 62.1 Å². The Kier molecular flexibility index (Phi) is 7.27. The number of rotatable bonds is 7. The van der Waals surface area contributed by atoms with Crippen LogP contribution < -0.4 is 15.4 Å². The molecule has 2 aromatic carbocycles. The number of nitro benzene ring substituents is 1. The third kappa shape index (κ3) is 5.80. The summed E-state index contributed by atoms with van der Waals surface area (Å²) in [6.45, 7) is 4.99. The maximum atomic E-state index is 12.8. The second-order valence-corrected chi connectivity index (χ2v) is 7.30. The van der Waals surface area contributed by atoms with E-state index in [4.69, 9.17) is 27.9 Å². The monoisotopic (exact) mass is 438 g/mol. The van der Waals surface area contributed by atoms with Gasteiger partial charge in [0.15, 0.2) is 0 Å². The maximum absolute atomic E-state index is 12.8. The number of hydrogen-bond donors (Lipinski definition) is 2. The van der Waals surface area contributed by atoms with E-state index < -0.39 is 10.8 Å². The van der Waals surface area contributed by atoms with Gasteiger partial charge < -0.3 is 15.4 Å². The standard InChI is InChI=1S/C19H20Cl2N4O4/c20-13-1-4-18(29-10-9-24-7-5-22-6-8-24)15(11-13)19(26)23-17-3-2-14(25(27)28)12-16(17)21/h1-4,11-12,22H,5-10H2,(H,23,26). The second-order valence-electron chi connectivity index (χ2n) is 6.46. The van der Waals surface area contributed by atoms with E-state index in [2.05, 4.69) is 15.5 Å². The molecule has 2 N–H and O–H groups in total. The molecule has 1 fully saturated rings. The number of amides is 1. The molecule has 0 aliphatic carbocycles. The van der Waals surface area contributed by atoms with E-state index in [0.717, 1.165) is 32.7 Å². The summed E-state index contributed by atoms with van der Waals surface area (Å²) in [7, 11) is 0. The molecule has 3 rings (SSSR count). The van der Waals surface area contributed by atoms with Crippen molar-refractivity contribution in [1.82, 2.24) is 10.2 Å². The minimum Gasteiger partial charge on any atom is -0.491 e. The van der Waals surface area contributed by atoms with Gasteiger partial charge in [0.2, 0.25) is 0 Å². The predicted molar refractivity (Wildman–Crippen MR) is 112 cm³/mol. The van der Waals surface area contributed by atoms with Crippen molar-refractivity contribution in [3.8, 4) is 5.75 Å². The third-order valence-electron chi connectivity index (χ3n) is 4.47. The van der Waals surface area contributed by atoms with E-state index in [1.54, 1.807) is 12.1 Å². The van der Waals surface area contributed by atoms with Crippen molar-refractivity contribution in [2.45, 2.75) is 0 Å². The van der Waals surface area contributed by atoms with E-state index in [1.165, 1.54) is 24.3 Å². The molecule has 1 aliphatic heterocycles. The smallest absolute Gasteiger partial charge is 0.271 e. The molecular weight excluding hydrogens is 419 g/mol. The van der Waals surface area contributed by atoms with Crippen molar-refractivity contribution in [1.29, 1.82) is 0 Å². The summed E-state index contributed by atoms with van der Waals surface area (Å²) in [6, 6.07) is 8.64. The first kappa shape index (κ1) is 21.3. The average Bonchev–Trinajstić information content (AvgIpc) is 2.71. The number of halogens is 2. The number of nitrogens with one attached hydrogen (secondary N) is 2. The Bertz CT molecular complexity index is 904. The molecule has 1 saturated heterocycles. The van der Waals surface area contributed by atoms with Gasteiger partial charge in [-0.05, 0) is 24.3 Å². The average molecular weight is 439 g/mol. The number of piperazine rings is 1. The van der Waals surface area contributed by atoms with Gasteiger partial charge in [0.05, 0.1) is 21.2 Å². The van der Waals surface area contributed by atoms with Crippen LogP contribution in [0.4, 0.5) is 11.4 Å². The van der Waals surface area contributed by atoms with Crippen LogP contribution in [0.1, 0.15) is 10.4 Å². The number of ether oxygens (including phenoxy) is 1. The van der Waals surface area contributed by atoms with Crippen molar-refractivity contribution in [2.75, 3.05) is 44.6 Å². The number of anilines is 1. The highest BCUT2D eigenvalue weighted by Crippen LogP contribution is 2.29. The minimum atomic E-state index is -0.557. The molecule has 0 bridgehead atoms. The molecule has 10 heteroatoms. The molecule has 0 spiro atoms. The van der Waals surface area contributed by atoms with Crippen LogP contribution in [0.15, 0.2) is 36.4 Å². The highest BCUT2D eigenvalue weighted by Gasteiger charge is 2.17. The van der Waals surface area contributed by atoms with E-state index in [9.17, 15) is 14.9 Å². The van der Waals surface area contributed by atoms with Gasteiger partial charge in [-0.25, -0.2) is 0 Å². The number of carbonyl (C=O) groups excluding carboxylic acids is 1. The number of nitro groups is 1. The Hall–Kier alpha value is -2.39. The summed E-state index contributed by atoms with van der Waals surface area (Å²) >= 11 is 12.1. The molecule has 0 unspecified atom stereocenters. The summed E-state index contributed by atoms with van der Waals surface area (Å²) < 4.78 is 5.83. The number of non-ortho nitro benzene ring substituents is 1. The number of benzene rings is 2. The first-order valence-electron chi connectivity index (χ1n) is 9.05. The lowest BCUT2D eigenvalue weighted by Gasteiger charge is -2.27. The molecule has 29 heavy (non-hydrogen) atoms. The Morgan fingerprint density at radius 2 is 1.97 bits per heavy atom. The Morgan fingerprint density at radius 3 is 2.66 bits per heavy atom. The Balaban J connectivity index is 1.69. The van der Waals surface area contributed by atoms with Crippen LogP contribution in [-0.4, -0.2) is 55.1 Å². The number of nitrogens with zero attached hydrogens (tertiary/aromatic N) is 2. The summed E-state index contributed by atoms with van der Waals surface area (Å²) in [4.78, 5) is 25.3. The van der Waals surface area contributed by atoms with Crippen molar-refractivity contribution < 1.29 is 14.5 Å². The van der Waals surface area contributed by atoms with Gasteiger partial charge in [-0.2, -0.15) is 0 Å². The number of hydrogen-bond acceptors (Lipinski definition) is 6. The molecule has 2 aromatic rings. The zero-order valence-corrected chi connectivity index (χ0v) is 17.0. The maximum Gasteiger partial charge on any atom is 0.271 e. The summed E-state index contributed by atoms with van der Waals surface area (Å²) in [6.07, 6.45) is 0. The van der Waals surface area contributed by atoms with Crippen LogP contribution in [0, 0.1) is 10.1 Å². The normalized spacial score (nSPS) is 14.4. The largest absolute Gasteiger partial charge is 0.491 e. The molecule has 1 amide bonds. The SMILES string of the molecule is O=C(Nc1ccc([N+](=O)[O-])cc1Cl)c1cc(Cl)ccc1OCCN1CCNCC1. The minimum absolute atomic E-state index is 0.0655. The molecule has 1 aliphatic rings. The molecule has 0 saturated carbocycles. The van der Waals surface area contributed by atoms with Gasteiger partial charge in [-0.1, -0.05) is 23.2 Å². The van der Waals surface area contributed by atoms with Gasteiger partial charge in [0.25, 0.3) is 11.6 Å². The topological polar surface area (TPSA) is 96.7 Å². The number of carbonyl (C=O) groups is 1. The summed E-state index contributed by atoms with van der Waals surface area (Å²) in [5.41, 5.74) is 0.355. The Morgan fingerprint density at radius 1 is 1.21 bits per heavy atom. The van der Waals surface area contributed by atoms with Crippen molar-refractivity contribution in [2.24, 2.45) is 0 Å². The highest BCUT2D eigenvalue weighted by atomic mass is 35.5. The molecule has 1 heterocycles. The fraction of sp³-hybridized carbons (Fsp3) is 0.316. The third-order valence-corrected chi connectivity index (χ3v) is 5.02. The van der Waals surface area contributed by atoms with Crippen LogP contribution in [0.2, 0.25) is 10.0 Å². The van der Waals surface area contributed by atoms with E-state index >= 15 is 0 Å².